The number of carbonyl (C=O) groups excluding carboxylic acids is 1. The molecule has 1 saturated carbocycles. The van der Waals surface area contributed by atoms with Gasteiger partial charge < -0.3 is 14.7 Å². The summed E-state index contributed by atoms with van der Waals surface area (Å²) in [4.78, 5) is 24.4. The van der Waals surface area contributed by atoms with Crippen LogP contribution in [0.2, 0.25) is 0 Å². The van der Waals surface area contributed by atoms with Crippen molar-refractivity contribution in [3.63, 3.8) is 0 Å². The molecule has 1 aliphatic heterocycles. The maximum absolute atomic E-state index is 12.8. The number of anilines is 1. The molecular formula is C24H32N4O. The molecule has 4 rings (SSSR count). The van der Waals surface area contributed by atoms with Crippen molar-refractivity contribution in [1.29, 1.82) is 0 Å². The van der Waals surface area contributed by atoms with Crippen molar-refractivity contribution in [3.05, 3.63) is 29.0 Å². The van der Waals surface area contributed by atoms with Gasteiger partial charge in [-0.2, -0.15) is 0 Å². The third-order valence-electron chi connectivity index (χ3n) is 7.03. The first-order chi connectivity index (χ1) is 13.9. The van der Waals surface area contributed by atoms with E-state index >= 15 is 0 Å². The van der Waals surface area contributed by atoms with Crippen LogP contribution in [0.5, 0.6) is 0 Å². The zero-order chi connectivity index (χ0) is 20.6. The van der Waals surface area contributed by atoms with Crippen molar-refractivity contribution >= 4 is 17.3 Å². The fraction of sp³-hybridized carbons (Fsp3) is 0.583. The van der Waals surface area contributed by atoms with Crippen LogP contribution >= 0.6 is 0 Å². The molecule has 0 aromatic carbocycles. The number of hydrogen-bond donors (Lipinski definition) is 0. The van der Waals surface area contributed by atoms with Gasteiger partial charge >= 0.3 is 0 Å². The number of hydrogen-bond acceptors (Lipinski definition) is 5. The lowest BCUT2D eigenvalue weighted by atomic mass is 9.63. The van der Waals surface area contributed by atoms with Gasteiger partial charge in [-0.05, 0) is 56.8 Å². The Bertz CT molecular complexity index is 865. The summed E-state index contributed by atoms with van der Waals surface area (Å²) in [6.07, 6.45) is 12.6. The topological polar surface area (TPSA) is 39.7 Å². The highest BCUT2D eigenvalue weighted by molar-refractivity contribution is 6.09. The number of fused-ring (bicyclic) bond motifs is 1. The minimum atomic E-state index is 0.0504. The number of rotatable bonds is 5. The fourth-order valence-electron chi connectivity index (χ4n) is 4.85. The average molecular weight is 393 g/mol. The molecule has 1 saturated heterocycles. The lowest BCUT2D eigenvalue weighted by molar-refractivity contribution is -0.114. The largest absolute Gasteiger partial charge is 0.369 e. The summed E-state index contributed by atoms with van der Waals surface area (Å²) in [6, 6.07) is 4.09. The maximum atomic E-state index is 12.8. The Kier molecular flexibility index (Phi) is 5.40. The molecule has 0 N–H and O–H groups in total. The number of nitrogens with zero attached hydrogens (tertiary/aromatic N) is 4. The van der Waals surface area contributed by atoms with Crippen LogP contribution in [0.1, 0.15) is 43.4 Å². The highest BCUT2D eigenvalue weighted by atomic mass is 16.1. The Balaban J connectivity index is 1.65. The third kappa shape index (κ3) is 3.79. The molecule has 0 amide bonds. The van der Waals surface area contributed by atoms with Gasteiger partial charge in [0, 0.05) is 39.6 Å². The molecule has 5 heteroatoms. The highest BCUT2D eigenvalue weighted by Crippen LogP contribution is 2.50. The number of aromatic nitrogens is 1. The van der Waals surface area contributed by atoms with Crippen LogP contribution in [0.25, 0.3) is 5.70 Å². The van der Waals surface area contributed by atoms with E-state index in [9.17, 15) is 4.79 Å². The van der Waals surface area contributed by atoms with Crippen LogP contribution in [0.4, 0.5) is 5.82 Å². The number of ketones is 1. The Morgan fingerprint density at radius 1 is 1.14 bits per heavy atom. The van der Waals surface area contributed by atoms with Crippen molar-refractivity contribution in [2.75, 3.05) is 52.2 Å². The monoisotopic (exact) mass is 392 g/mol. The number of likely N-dealkylation sites (tertiary alicyclic amines) is 1. The number of piperidine rings is 1. The summed E-state index contributed by atoms with van der Waals surface area (Å²) in [7, 11) is 6.22. The molecule has 2 heterocycles. The summed E-state index contributed by atoms with van der Waals surface area (Å²) in [5.41, 5.74) is 3.88. The second-order valence-electron chi connectivity index (χ2n) is 9.21. The zero-order valence-electron chi connectivity index (χ0n) is 18.0. The van der Waals surface area contributed by atoms with Crippen LogP contribution < -0.4 is 4.90 Å². The SMILES string of the molecule is C#CC1=C(N2CCC3(CCC3)CC2)c2nc(N(C)CCN(C)C)ccc2CC1=O. The summed E-state index contributed by atoms with van der Waals surface area (Å²) in [5.74, 6) is 3.69. The van der Waals surface area contributed by atoms with E-state index in [0.717, 1.165) is 49.0 Å². The van der Waals surface area contributed by atoms with Gasteiger partial charge in [0.25, 0.3) is 0 Å². The molecule has 1 aromatic rings. The fourth-order valence-corrected chi connectivity index (χ4v) is 4.85. The Labute approximate surface area is 174 Å². The van der Waals surface area contributed by atoms with E-state index in [1.165, 1.54) is 32.1 Å². The van der Waals surface area contributed by atoms with Gasteiger partial charge in [-0.1, -0.05) is 18.4 Å². The minimum Gasteiger partial charge on any atom is -0.369 e. The molecule has 3 aliphatic rings. The summed E-state index contributed by atoms with van der Waals surface area (Å²) >= 11 is 0. The number of Topliss-reactive ketones (excluding diaryl/α,β-unsaturated/α-hetero) is 1. The van der Waals surface area contributed by atoms with E-state index in [-0.39, 0.29) is 5.78 Å². The molecular weight excluding hydrogens is 360 g/mol. The average Bonchev–Trinajstić information content (AvgIpc) is 2.69. The Hall–Kier alpha value is -2.32. The normalized spacial score (nSPS) is 20.5. The van der Waals surface area contributed by atoms with Crippen molar-refractivity contribution < 1.29 is 4.79 Å². The van der Waals surface area contributed by atoms with E-state index in [0.29, 0.717) is 17.4 Å². The van der Waals surface area contributed by atoms with Gasteiger partial charge in [0.15, 0.2) is 5.78 Å². The minimum absolute atomic E-state index is 0.0504. The molecule has 1 spiro atoms. The summed E-state index contributed by atoms with van der Waals surface area (Å²) in [5, 5.41) is 0. The van der Waals surface area contributed by atoms with E-state index in [4.69, 9.17) is 11.4 Å². The molecule has 2 fully saturated rings. The predicted molar refractivity (Wildman–Crippen MR) is 118 cm³/mol. The standard InChI is InChI=1S/C24H32N4O/c1-5-19-20(29)17-18-7-8-21(27(4)16-15-26(2)3)25-22(18)23(19)28-13-11-24(12-14-28)9-6-10-24/h1,7-8H,6,9-17H2,2-4H3. The second kappa shape index (κ2) is 7.84. The van der Waals surface area contributed by atoms with Crippen molar-refractivity contribution in [1.82, 2.24) is 14.8 Å². The van der Waals surface area contributed by atoms with Gasteiger partial charge in [0.1, 0.15) is 5.82 Å². The van der Waals surface area contributed by atoms with Crippen LogP contribution in [0, 0.1) is 17.8 Å². The molecule has 5 nitrogen and oxygen atoms in total. The van der Waals surface area contributed by atoms with Crippen LogP contribution in [0.15, 0.2) is 17.7 Å². The summed E-state index contributed by atoms with van der Waals surface area (Å²) in [6.45, 7) is 3.79. The molecule has 154 valence electrons. The molecule has 0 bridgehead atoms. The van der Waals surface area contributed by atoms with Crippen LogP contribution in [-0.4, -0.2) is 67.9 Å². The van der Waals surface area contributed by atoms with Crippen LogP contribution in [-0.2, 0) is 11.2 Å². The van der Waals surface area contributed by atoms with E-state index < -0.39 is 0 Å². The first-order valence-electron chi connectivity index (χ1n) is 10.8. The number of pyridine rings is 1. The lowest BCUT2D eigenvalue weighted by Crippen LogP contribution is -2.44. The van der Waals surface area contributed by atoms with Gasteiger partial charge in [-0.15, -0.1) is 6.42 Å². The predicted octanol–water partition coefficient (Wildman–Crippen LogP) is 2.82. The number of likely N-dealkylation sites (N-methyl/N-ethyl adjacent to an activating group) is 2. The third-order valence-corrected chi connectivity index (χ3v) is 7.03. The molecule has 29 heavy (non-hydrogen) atoms. The molecule has 0 radical (unpaired) electrons. The van der Waals surface area contributed by atoms with Crippen molar-refractivity contribution in [3.8, 4) is 12.3 Å². The quantitative estimate of drug-likeness (QED) is 0.721. The first kappa shape index (κ1) is 20.0. The van der Waals surface area contributed by atoms with Crippen molar-refractivity contribution in [2.45, 2.75) is 38.5 Å². The molecule has 1 aromatic heterocycles. The van der Waals surface area contributed by atoms with E-state index in [2.05, 4.69) is 47.8 Å². The van der Waals surface area contributed by atoms with Gasteiger partial charge in [0.05, 0.1) is 17.0 Å². The maximum Gasteiger partial charge on any atom is 0.177 e. The van der Waals surface area contributed by atoms with Crippen LogP contribution in [0.3, 0.4) is 0 Å². The van der Waals surface area contributed by atoms with E-state index in [1.807, 2.05) is 6.07 Å². The Morgan fingerprint density at radius 3 is 2.45 bits per heavy atom. The van der Waals surface area contributed by atoms with Gasteiger partial charge in [-0.25, -0.2) is 4.98 Å². The summed E-state index contributed by atoms with van der Waals surface area (Å²) < 4.78 is 0. The highest BCUT2D eigenvalue weighted by Gasteiger charge is 2.41. The molecule has 0 unspecified atom stereocenters. The number of allylic oxidation sites excluding steroid dienone is 1. The second-order valence-corrected chi connectivity index (χ2v) is 9.21. The zero-order valence-corrected chi connectivity index (χ0v) is 18.0. The number of carbonyl (C=O) groups is 1. The lowest BCUT2D eigenvalue weighted by Gasteiger charge is -2.49. The van der Waals surface area contributed by atoms with Gasteiger partial charge in [-0.3, -0.25) is 4.79 Å². The smallest absolute Gasteiger partial charge is 0.177 e. The number of terminal acetylenes is 1. The first-order valence-corrected chi connectivity index (χ1v) is 10.8. The Morgan fingerprint density at radius 2 is 1.86 bits per heavy atom. The molecule has 2 aliphatic carbocycles. The van der Waals surface area contributed by atoms with E-state index in [1.54, 1.807) is 0 Å². The van der Waals surface area contributed by atoms with Gasteiger partial charge in [0.2, 0.25) is 0 Å². The van der Waals surface area contributed by atoms with Crippen molar-refractivity contribution in [2.24, 2.45) is 5.41 Å². The molecule has 0 atom stereocenters.